The van der Waals surface area contributed by atoms with Crippen molar-refractivity contribution < 1.29 is 36.9 Å². The largest absolute Gasteiger partial charge is 0.487 e. The number of amides is 1. The topological polar surface area (TPSA) is 105 Å². The lowest BCUT2D eigenvalue weighted by atomic mass is 10.2. The molecule has 0 radical (unpaired) electrons. The van der Waals surface area contributed by atoms with E-state index < -0.39 is 17.6 Å². The Morgan fingerprint density at radius 3 is 2.40 bits per heavy atom. The molecule has 212 valence electrons. The maximum absolute atomic E-state index is 13.0. The quantitative estimate of drug-likeness (QED) is 0.159. The summed E-state index contributed by atoms with van der Waals surface area (Å²) in [5, 5.41) is 3.85. The molecule has 0 bridgehead atoms. The van der Waals surface area contributed by atoms with Crippen LogP contribution in [0.3, 0.4) is 0 Å². The van der Waals surface area contributed by atoms with Crippen LogP contribution in [0.2, 0.25) is 0 Å². The second kappa shape index (κ2) is 13.7. The maximum Gasteiger partial charge on any atom is 0.416 e. The summed E-state index contributed by atoms with van der Waals surface area (Å²) in [5.41, 5.74) is -0.124. The van der Waals surface area contributed by atoms with Gasteiger partial charge in [-0.15, -0.1) is 11.3 Å². The Labute approximate surface area is 236 Å². The van der Waals surface area contributed by atoms with E-state index in [0.29, 0.717) is 57.7 Å². The van der Waals surface area contributed by atoms with Gasteiger partial charge in [0.1, 0.15) is 24.6 Å². The number of carbonyl (C=O) groups excluding carboxylic acids is 1. The number of nitrogens with zero attached hydrogens (tertiary/aromatic N) is 3. The summed E-state index contributed by atoms with van der Waals surface area (Å²) in [4.78, 5) is 26.3. The smallest absolute Gasteiger partial charge is 0.416 e. The van der Waals surface area contributed by atoms with Crippen LogP contribution in [-0.2, 0) is 26.9 Å². The van der Waals surface area contributed by atoms with E-state index in [1.807, 2.05) is 0 Å². The highest BCUT2D eigenvalue weighted by molar-refractivity contribution is 8.01. The van der Waals surface area contributed by atoms with Crippen LogP contribution in [0.1, 0.15) is 10.4 Å². The predicted molar refractivity (Wildman–Crippen MR) is 144 cm³/mol. The number of fused-ring (bicyclic) bond motifs is 1. The van der Waals surface area contributed by atoms with Crippen molar-refractivity contribution in [1.82, 2.24) is 15.0 Å². The van der Waals surface area contributed by atoms with Crippen LogP contribution in [0, 0.1) is 0 Å². The van der Waals surface area contributed by atoms with Crippen LogP contribution in [0.25, 0.3) is 10.9 Å². The van der Waals surface area contributed by atoms with Crippen molar-refractivity contribution in [3.63, 3.8) is 0 Å². The Kier molecular flexibility index (Phi) is 10.1. The molecular weight excluding hydrogens is 569 g/mol. The number of hydrogen-bond acceptors (Lipinski definition) is 10. The highest BCUT2D eigenvalue weighted by Crippen LogP contribution is 2.38. The molecule has 1 amide bonds. The first kappa shape index (κ1) is 29.5. The number of benzene rings is 2. The van der Waals surface area contributed by atoms with E-state index >= 15 is 0 Å². The van der Waals surface area contributed by atoms with E-state index in [4.69, 9.17) is 18.9 Å². The van der Waals surface area contributed by atoms with E-state index in [-0.39, 0.29) is 12.1 Å². The number of carbonyl (C=O) groups is 1. The van der Waals surface area contributed by atoms with Crippen LogP contribution in [-0.4, -0.2) is 61.5 Å². The Morgan fingerprint density at radius 1 is 0.975 bits per heavy atom. The molecule has 0 spiro atoms. The monoisotopic (exact) mass is 594 g/mol. The van der Waals surface area contributed by atoms with Crippen molar-refractivity contribution in [3.8, 4) is 11.5 Å². The van der Waals surface area contributed by atoms with Crippen molar-refractivity contribution in [3.05, 3.63) is 59.4 Å². The average Bonchev–Trinajstić information content (AvgIpc) is 3.35. The van der Waals surface area contributed by atoms with E-state index in [1.54, 1.807) is 32.5 Å². The molecule has 0 atom stereocenters. The molecule has 0 saturated heterocycles. The first-order chi connectivity index (χ1) is 19.3. The van der Waals surface area contributed by atoms with Crippen LogP contribution in [0.4, 0.5) is 18.9 Å². The number of methoxy groups -OCH3 is 2. The van der Waals surface area contributed by atoms with Gasteiger partial charge in [0.25, 0.3) is 0 Å². The summed E-state index contributed by atoms with van der Waals surface area (Å²) in [6.45, 7) is 1.45. The minimum absolute atomic E-state index is 0.0430. The van der Waals surface area contributed by atoms with Crippen molar-refractivity contribution in [1.29, 1.82) is 0 Å². The lowest BCUT2D eigenvalue weighted by molar-refractivity contribution is -0.137. The number of alkyl halides is 3. The third-order valence-corrected chi connectivity index (χ3v) is 7.37. The van der Waals surface area contributed by atoms with Crippen LogP contribution >= 0.6 is 23.1 Å². The van der Waals surface area contributed by atoms with Crippen LogP contribution in [0.15, 0.2) is 58.3 Å². The number of nitrogens with one attached hydrogen (secondary N) is 1. The molecule has 4 aromatic rings. The van der Waals surface area contributed by atoms with Crippen LogP contribution in [0.5, 0.6) is 11.5 Å². The van der Waals surface area contributed by atoms with Gasteiger partial charge in [-0.1, -0.05) is 6.07 Å². The SMILES string of the molecule is COCCOc1cc2ncnc(Sc3ncc(CC(=O)Nc4cccc(C(F)(F)F)c4)s3)c2cc1OCCOC. The van der Waals surface area contributed by atoms with Crippen molar-refractivity contribution in [2.45, 2.75) is 22.0 Å². The fourth-order valence-electron chi connectivity index (χ4n) is 3.46. The summed E-state index contributed by atoms with van der Waals surface area (Å²) >= 11 is 2.58. The molecule has 2 aromatic heterocycles. The van der Waals surface area contributed by atoms with Gasteiger partial charge in [-0.05, 0) is 36.0 Å². The van der Waals surface area contributed by atoms with Gasteiger partial charge < -0.3 is 24.3 Å². The normalized spacial score (nSPS) is 11.5. The van der Waals surface area contributed by atoms with Crippen LogP contribution < -0.4 is 14.8 Å². The summed E-state index contributed by atoms with van der Waals surface area (Å²) in [7, 11) is 3.17. The summed E-state index contributed by atoms with van der Waals surface area (Å²) in [6, 6.07) is 8.06. The average molecular weight is 595 g/mol. The van der Waals surface area contributed by atoms with Gasteiger partial charge in [-0.2, -0.15) is 13.2 Å². The number of thiazole rings is 1. The van der Waals surface area contributed by atoms with Gasteiger partial charge in [0.15, 0.2) is 15.8 Å². The van der Waals surface area contributed by atoms with Gasteiger partial charge in [-0.3, -0.25) is 4.79 Å². The molecule has 0 aliphatic rings. The number of hydrogen-bond donors (Lipinski definition) is 1. The molecule has 2 heterocycles. The van der Waals surface area contributed by atoms with E-state index in [9.17, 15) is 18.0 Å². The zero-order valence-electron chi connectivity index (χ0n) is 21.5. The minimum Gasteiger partial charge on any atom is -0.487 e. The molecule has 1 N–H and O–H groups in total. The zero-order chi connectivity index (χ0) is 28.5. The Morgan fingerprint density at radius 2 is 1.70 bits per heavy atom. The summed E-state index contributed by atoms with van der Waals surface area (Å²) in [6.07, 6.45) is -1.54. The Hall–Kier alpha value is -3.46. The van der Waals surface area contributed by atoms with Gasteiger partial charge in [0, 0.05) is 42.4 Å². The fourth-order valence-corrected chi connectivity index (χ4v) is 5.46. The number of aromatic nitrogens is 3. The fraction of sp³-hybridized carbons (Fsp3) is 0.308. The molecule has 40 heavy (non-hydrogen) atoms. The molecule has 0 aliphatic carbocycles. The Bertz CT molecular complexity index is 1450. The second-order valence-electron chi connectivity index (χ2n) is 8.18. The van der Waals surface area contributed by atoms with E-state index in [1.165, 1.54) is 41.6 Å². The minimum atomic E-state index is -4.49. The molecule has 0 aliphatic heterocycles. The number of anilines is 1. The molecule has 0 fully saturated rings. The number of halogens is 3. The molecule has 14 heteroatoms. The number of rotatable bonds is 13. The third-order valence-electron chi connectivity index (χ3n) is 5.28. The summed E-state index contributed by atoms with van der Waals surface area (Å²) < 4.78 is 61.3. The van der Waals surface area contributed by atoms with Gasteiger partial charge >= 0.3 is 6.18 Å². The predicted octanol–water partition coefficient (Wildman–Crippen LogP) is 5.49. The standard InChI is InChI=1S/C26H25F3N4O5S2/c1-35-6-8-37-21-12-19-20(13-22(21)38-9-7-36-2)31-15-32-24(19)40-25-30-14-18(39-25)11-23(34)33-17-5-3-4-16(10-17)26(27,28)29/h3-5,10,12-15H,6-9,11H2,1-2H3,(H,33,34). The van der Waals surface area contributed by atoms with Gasteiger partial charge in [0.05, 0.1) is 30.7 Å². The van der Waals surface area contributed by atoms with Gasteiger partial charge in [0.2, 0.25) is 5.91 Å². The van der Waals surface area contributed by atoms with Crippen molar-refractivity contribution in [2.75, 3.05) is 46.0 Å². The zero-order valence-corrected chi connectivity index (χ0v) is 23.1. The van der Waals surface area contributed by atoms with Crippen molar-refractivity contribution in [2.24, 2.45) is 0 Å². The number of ether oxygens (including phenoxy) is 4. The molecule has 4 rings (SSSR count). The molecule has 9 nitrogen and oxygen atoms in total. The third kappa shape index (κ3) is 8.03. The molecule has 2 aromatic carbocycles. The lowest BCUT2D eigenvalue weighted by Gasteiger charge is -2.14. The first-order valence-corrected chi connectivity index (χ1v) is 13.5. The highest BCUT2D eigenvalue weighted by Gasteiger charge is 2.30. The van der Waals surface area contributed by atoms with Gasteiger partial charge in [-0.25, -0.2) is 15.0 Å². The molecule has 0 saturated carbocycles. The lowest BCUT2D eigenvalue weighted by Crippen LogP contribution is -2.14. The summed E-state index contributed by atoms with van der Waals surface area (Å²) in [5.74, 6) is 0.563. The molecule has 0 unspecified atom stereocenters. The first-order valence-electron chi connectivity index (χ1n) is 11.9. The second-order valence-corrected chi connectivity index (χ2v) is 10.5. The highest BCUT2D eigenvalue weighted by atomic mass is 32.2. The van der Waals surface area contributed by atoms with E-state index in [0.717, 1.165) is 17.5 Å². The Balaban J connectivity index is 1.48. The molecular formula is C26H25F3N4O5S2. The maximum atomic E-state index is 13.0. The van der Waals surface area contributed by atoms with E-state index in [2.05, 4.69) is 20.3 Å². The van der Waals surface area contributed by atoms with Crippen molar-refractivity contribution >= 4 is 45.6 Å².